The van der Waals surface area contributed by atoms with Gasteiger partial charge in [-0.3, -0.25) is 0 Å². The Balaban J connectivity index is 2.14. The molecule has 0 aromatic carbocycles. The highest BCUT2D eigenvalue weighted by molar-refractivity contribution is 7.16. The first-order chi connectivity index (χ1) is 7.66. The molecule has 0 atom stereocenters. The van der Waals surface area contributed by atoms with Crippen LogP contribution in [0, 0.1) is 0 Å². The molecule has 0 spiro atoms. The third kappa shape index (κ3) is 2.64. The molecule has 16 heavy (non-hydrogen) atoms. The predicted octanol–water partition coefficient (Wildman–Crippen LogP) is 3.48. The topological polar surface area (TPSA) is 29.0 Å². The van der Waals surface area contributed by atoms with Crippen LogP contribution in [0.3, 0.4) is 0 Å². The van der Waals surface area contributed by atoms with Crippen molar-refractivity contribution in [3.63, 3.8) is 0 Å². The first-order valence-electron chi connectivity index (χ1n) is 4.58. The second-order valence-electron chi connectivity index (χ2n) is 3.23. The molecule has 0 aliphatic carbocycles. The van der Waals surface area contributed by atoms with Gasteiger partial charge in [0.2, 0.25) is 0 Å². The van der Waals surface area contributed by atoms with Crippen LogP contribution in [-0.4, -0.2) is 17.0 Å². The minimum atomic E-state index is 0.410. The quantitative estimate of drug-likeness (QED) is 0.858. The molecule has 3 nitrogen and oxygen atoms in total. The summed E-state index contributed by atoms with van der Waals surface area (Å²) in [7, 11) is 1.92. The molecule has 0 radical (unpaired) electrons. The summed E-state index contributed by atoms with van der Waals surface area (Å²) in [5, 5.41) is 0.410. The van der Waals surface area contributed by atoms with E-state index in [1.54, 1.807) is 23.7 Å². The van der Waals surface area contributed by atoms with Gasteiger partial charge in [0.1, 0.15) is 0 Å². The lowest BCUT2D eigenvalue weighted by Crippen LogP contribution is -2.17. The zero-order valence-electron chi connectivity index (χ0n) is 8.52. The van der Waals surface area contributed by atoms with E-state index in [-0.39, 0.29) is 0 Å². The van der Waals surface area contributed by atoms with Crippen LogP contribution in [0.25, 0.3) is 0 Å². The fraction of sp³-hybridized carbons (Fsp3) is 0.200. The van der Waals surface area contributed by atoms with Crippen molar-refractivity contribution < 1.29 is 0 Å². The molecule has 2 aromatic rings. The van der Waals surface area contributed by atoms with Gasteiger partial charge in [0.15, 0.2) is 11.0 Å². The molecule has 0 aliphatic rings. The summed E-state index contributed by atoms with van der Waals surface area (Å²) in [6.45, 7) is 0.718. The summed E-state index contributed by atoms with van der Waals surface area (Å²) < 4.78 is 0.786. The Kier molecular flexibility index (Phi) is 3.63. The van der Waals surface area contributed by atoms with Crippen molar-refractivity contribution in [2.24, 2.45) is 0 Å². The third-order valence-electron chi connectivity index (χ3n) is 2.02. The number of nitrogens with zero attached hydrogens (tertiary/aromatic N) is 3. The van der Waals surface area contributed by atoms with E-state index in [1.807, 2.05) is 24.1 Å². The van der Waals surface area contributed by atoms with Gasteiger partial charge in [-0.1, -0.05) is 23.2 Å². The summed E-state index contributed by atoms with van der Waals surface area (Å²) in [6.07, 6.45) is 3.20. The maximum Gasteiger partial charge on any atom is 0.171 e. The molecular weight excluding hydrogens is 265 g/mol. The third-order valence-corrected chi connectivity index (χ3v) is 3.50. The summed E-state index contributed by atoms with van der Waals surface area (Å²) in [5.41, 5.74) is 0. The number of halogens is 2. The maximum atomic E-state index is 5.95. The molecule has 0 N–H and O–H groups in total. The molecule has 0 amide bonds. The average molecular weight is 274 g/mol. The largest absolute Gasteiger partial charge is 0.352 e. The highest BCUT2D eigenvalue weighted by Gasteiger charge is 2.09. The molecule has 2 rings (SSSR count). The average Bonchev–Trinajstić information content (AvgIpc) is 2.64. The van der Waals surface area contributed by atoms with Gasteiger partial charge in [0.25, 0.3) is 0 Å². The zero-order chi connectivity index (χ0) is 11.5. The lowest BCUT2D eigenvalue weighted by molar-refractivity contribution is 0.904. The Labute approximate surface area is 108 Å². The first kappa shape index (κ1) is 11.6. The summed E-state index contributed by atoms with van der Waals surface area (Å²) in [5.74, 6) is 0.675. The molecule has 84 valence electrons. The van der Waals surface area contributed by atoms with E-state index in [2.05, 4.69) is 9.97 Å². The van der Waals surface area contributed by atoms with Gasteiger partial charge < -0.3 is 4.90 Å². The van der Waals surface area contributed by atoms with Gasteiger partial charge in [0, 0.05) is 24.3 Å². The predicted molar refractivity (Wildman–Crippen MR) is 68.5 cm³/mol. The number of rotatable bonds is 3. The zero-order valence-corrected chi connectivity index (χ0v) is 10.9. The van der Waals surface area contributed by atoms with Crippen LogP contribution < -0.4 is 4.90 Å². The summed E-state index contributed by atoms with van der Waals surface area (Å²) in [6, 6.07) is 3.88. The lowest BCUT2D eigenvalue weighted by atomic mass is 10.4. The van der Waals surface area contributed by atoms with Crippen molar-refractivity contribution in [1.82, 2.24) is 9.97 Å². The summed E-state index contributed by atoms with van der Waals surface area (Å²) in [4.78, 5) is 11.3. The van der Waals surface area contributed by atoms with Crippen molar-refractivity contribution in [1.29, 1.82) is 0 Å². The smallest absolute Gasteiger partial charge is 0.171 e. The molecule has 0 aliphatic heterocycles. The van der Waals surface area contributed by atoms with Crippen molar-refractivity contribution in [2.45, 2.75) is 6.54 Å². The van der Waals surface area contributed by atoms with Crippen molar-refractivity contribution >= 4 is 40.4 Å². The lowest BCUT2D eigenvalue weighted by Gasteiger charge is -2.17. The Hall–Kier alpha value is -0.840. The molecular formula is C10H9Cl2N3S. The number of hydrogen-bond donors (Lipinski definition) is 0. The van der Waals surface area contributed by atoms with E-state index >= 15 is 0 Å². The van der Waals surface area contributed by atoms with E-state index in [0.29, 0.717) is 11.0 Å². The van der Waals surface area contributed by atoms with Gasteiger partial charge in [0.05, 0.1) is 10.9 Å². The van der Waals surface area contributed by atoms with E-state index in [0.717, 1.165) is 15.8 Å². The summed E-state index contributed by atoms with van der Waals surface area (Å²) >= 11 is 13.4. The first-order valence-corrected chi connectivity index (χ1v) is 6.16. The number of anilines is 1. The van der Waals surface area contributed by atoms with Crippen LogP contribution in [0.15, 0.2) is 24.5 Å². The number of hydrogen-bond acceptors (Lipinski definition) is 4. The van der Waals surface area contributed by atoms with Crippen LogP contribution in [0.5, 0.6) is 0 Å². The van der Waals surface area contributed by atoms with Gasteiger partial charge in [-0.15, -0.1) is 11.3 Å². The highest BCUT2D eigenvalue weighted by atomic mass is 35.5. The van der Waals surface area contributed by atoms with E-state index < -0.39 is 0 Å². The van der Waals surface area contributed by atoms with Gasteiger partial charge in [-0.2, -0.15) is 0 Å². The van der Waals surface area contributed by atoms with Crippen LogP contribution in [0.4, 0.5) is 5.82 Å². The highest BCUT2D eigenvalue weighted by Crippen LogP contribution is 2.25. The maximum absolute atomic E-state index is 5.95. The fourth-order valence-corrected chi connectivity index (χ4v) is 2.71. The van der Waals surface area contributed by atoms with Crippen molar-refractivity contribution in [3.8, 4) is 0 Å². The molecule has 2 heterocycles. The monoisotopic (exact) mass is 273 g/mol. The number of thiophene rings is 1. The second kappa shape index (κ2) is 4.99. The fourth-order valence-electron chi connectivity index (χ4n) is 1.32. The van der Waals surface area contributed by atoms with Crippen molar-refractivity contribution in [3.05, 3.63) is 38.9 Å². The second-order valence-corrected chi connectivity index (χ2v) is 5.39. The van der Waals surface area contributed by atoms with E-state index in [4.69, 9.17) is 23.2 Å². The molecule has 0 bridgehead atoms. The molecule has 0 unspecified atom stereocenters. The Bertz CT molecular complexity index is 486. The van der Waals surface area contributed by atoms with Gasteiger partial charge in [-0.25, -0.2) is 9.97 Å². The Morgan fingerprint density at radius 1 is 1.25 bits per heavy atom. The van der Waals surface area contributed by atoms with Crippen LogP contribution in [-0.2, 0) is 6.54 Å². The van der Waals surface area contributed by atoms with Crippen LogP contribution in [0.1, 0.15) is 4.88 Å². The molecule has 2 aromatic heterocycles. The van der Waals surface area contributed by atoms with E-state index in [1.165, 1.54) is 0 Å². The molecule has 6 heteroatoms. The van der Waals surface area contributed by atoms with Crippen LogP contribution >= 0.6 is 34.5 Å². The minimum Gasteiger partial charge on any atom is -0.352 e. The SMILES string of the molecule is CN(Cc1ccc(Cl)s1)c1nccnc1Cl. The minimum absolute atomic E-state index is 0.410. The Morgan fingerprint density at radius 2 is 2.00 bits per heavy atom. The van der Waals surface area contributed by atoms with Gasteiger partial charge >= 0.3 is 0 Å². The normalized spacial score (nSPS) is 10.4. The standard InChI is InChI=1S/C10H9Cl2N3S/c1-15(6-7-2-3-8(11)16-7)10-9(12)13-4-5-14-10/h2-5H,6H2,1H3. The number of aromatic nitrogens is 2. The molecule has 0 saturated carbocycles. The van der Waals surface area contributed by atoms with Crippen molar-refractivity contribution in [2.75, 3.05) is 11.9 Å². The molecule has 0 fully saturated rings. The van der Waals surface area contributed by atoms with Gasteiger partial charge in [-0.05, 0) is 12.1 Å². The van der Waals surface area contributed by atoms with Crippen LogP contribution in [0.2, 0.25) is 9.49 Å². The van der Waals surface area contributed by atoms with E-state index in [9.17, 15) is 0 Å². The Morgan fingerprint density at radius 3 is 2.62 bits per heavy atom. The molecule has 0 saturated heterocycles.